The van der Waals surface area contributed by atoms with Crippen molar-refractivity contribution in [2.75, 3.05) is 4.90 Å². The molecule has 1 aliphatic rings. The standard InChI is InChI=1S/C12H11NO3/c1-2-8-7-9(14)3-4-10(8)13-11(15)5-6-12(13)16/h3-7,14H,2H2,1H3. The zero-order valence-corrected chi connectivity index (χ0v) is 8.80. The number of hydrogen-bond donors (Lipinski definition) is 1. The number of carbonyl (C=O) groups excluding carboxylic acids is 2. The third kappa shape index (κ3) is 1.58. The second-order valence-corrected chi connectivity index (χ2v) is 3.51. The van der Waals surface area contributed by atoms with E-state index in [1.807, 2.05) is 6.92 Å². The first-order valence-corrected chi connectivity index (χ1v) is 5.01. The van der Waals surface area contributed by atoms with E-state index in [0.29, 0.717) is 12.1 Å². The minimum atomic E-state index is -0.342. The SMILES string of the molecule is CCc1cc(O)ccc1N1C(=O)C=CC1=O. The van der Waals surface area contributed by atoms with Gasteiger partial charge in [-0.2, -0.15) is 0 Å². The molecule has 1 heterocycles. The second kappa shape index (κ2) is 3.81. The van der Waals surface area contributed by atoms with Crippen LogP contribution in [0.5, 0.6) is 5.75 Å². The zero-order chi connectivity index (χ0) is 11.7. The van der Waals surface area contributed by atoms with E-state index in [0.717, 1.165) is 10.5 Å². The van der Waals surface area contributed by atoms with E-state index in [1.54, 1.807) is 12.1 Å². The first-order valence-electron chi connectivity index (χ1n) is 5.01. The van der Waals surface area contributed by atoms with E-state index in [2.05, 4.69) is 0 Å². The van der Waals surface area contributed by atoms with E-state index >= 15 is 0 Å². The van der Waals surface area contributed by atoms with Crippen molar-refractivity contribution in [3.05, 3.63) is 35.9 Å². The maximum atomic E-state index is 11.5. The molecule has 0 fully saturated rings. The summed E-state index contributed by atoms with van der Waals surface area (Å²) in [4.78, 5) is 24.1. The van der Waals surface area contributed by atoms with Gasteiger partial charge in [-0.1, -0.05) is 6.92 Å². The van der Waals surface area contributed by atoms with E-state index in [-0.39, 0.29) is 17.6 Å². The molecule has 0 saturated heterocycles. The molecule has 1 aromatic carbocycles. The highest BCUT2D eigenvalue weighted by Gasteiger charge is 2.26. The van der Waals surface area contributed by atoms with Crippen molar-refractivity contribution in [2.45, 2.75) is 13.3 Å². The number of aryl methyl sites for hydroxylation is 1. The molecule has 4 heteroatoms. The van der Waals surface area contributed by atoms with Gasteiger partial charge in [0.1, 0.15) is 5.75 Å². The number of hydrogen-bond acceptors (Lipinski definition) is 3. The molecule has 16 heavy (non-hydrogen) atoms. The Labute approximate surface area is 92.8 Å². The van der Waals surface area contributed by atoms with Crippen molar-refractivity contribution in [3.63, 3.8) is 0 Å². The smallest absolute Gasteiger partial charge is 0.258 e. The summed E-state index contributed by atoms with van der Waals surface area (Å²) in [6.07, 6.45) is 3.13. The molecule has 0 spiro atoms. The normalized spacial score (nSPS) is 14.9. The molecule has 1 N–H and O–H groups in total. The Morgan fingerprint density at radius 2 is 1.81 bits per heavy atom. The predicted molar refractivity (Wildman–Crippen MR) is 59.1 cm³/mol. The Hall–Kier alpha value is -2.10. The highest BCUT2D eigenvalue weighted by Crippen LogP contribution is 2.27. The fraction of sp³-hybridized carbons (Fsp3) is 0.167. The van der Waals surface area contributed by atoms with E-state index < -0.39 is 0 Å². The van der Waals surface area contributed by atoms with Gasteiger partial charge >= 0.3 is 0 Å². The van der Waals surface area contributed by atoms with Crippen LogP contribution in [0.25, 0.3) is 0 Å². The van der Waals surface area contributed by atoms with Gasteiger partial charge in [0.2, 0.25) is 0 Å². The number of imide groups is 1. The van der Waals surface area contributed by atoms with E-state index in [9.17, 15) is 14.7 Å². The molecule has 0 aliphatic carbocycles. The number of carbonyl (C=O) groups is 2. The van der Waals surface area contributed by atoms with Crippen molar-refractivity contribution in [1.29, 1.82) is 0 Å². The van der Waals surface area contributed by atoms with Gasteiger partial charge in [-0.05, 0) is 30.2 Å². The Bertz CT molecular complexity index is 473. The first kappa shape index (κ1) is 10.4. The maximum Gasteiger partial charge on any atom is 0.258 e. The number of aromatic hydroxyl groups is 1. The van der Waals surface area contributed by atoms with Crippen LogP contribution >= 0.6 is 0 Å². The summed E-state index contributed by atoms with van der Waals surface area (Å²) in [7, 11) is 0. The molecule has 1 aliphatic heterocycles. The lowest BCUT2D eigenvalue weighted by atomic mass is 10.1. The third-order valence-electron chi connectivity index (χ3n) is 2.49. The number of amides is 2. The quantitative estimate of drug-likeness (QED) is 0.761. The molecule has 2 rings (SSSR count). The van der Waals surface area contributed by atoms with Crippen LogP contribution in [0.2, 0.25) is 0 Å². The van der Waals surface area contributed by atoms with E-state index in [1.165, 1.54) is 18.2 Å². The lowest BCUT2D eigenvalue weighted by Crippen LogP contribution is -2.30. The summed E-state index contributed by atoms with van der Waals surface area (Å²) in [6.45, 7) is 1.90. The summed E-state index contributed by atoms with van der Waals surface area (Å²) >= 11 is 0. The average Bonchev–Trinajstić information content (AvgIpc) is 2.59. The van der Waals surface area contributed by atoms with Gasteiger partial charge in [0.25, 0.3) is 11.8 Å². The van der Waals surface area contributed by atoms with Crippen LogP contribution in [0.1, 0.15) is 12.5 Å². The van der Waals surface area contributed by atoms with Crippen molar-refractivity contribution in [2.24, 2.45) is 0 Å². The summed E-state index contributed by atoms with van der Waals surface area (Å²) in [5.41, 5.74) is 1.31. The topological polar surface area (TPSA) is 57.6 Å². The van der Waals surface area contributed by atoms with Crippen LogP contribution in [0.15, 0.2) is 30.4 Å². The molecular weight excluding hydrogens is 206 g/mol. The fourth-order valence-electron chi connectivity index (χ4n) is 1.71. The van der Waals surface area contributed by atoms with Gasteiger partial charge in [-0.25, -0.2) is 4.90 Å². The van der Waals surface area contributed by atoms with Crippen LogP contribution in [0, 0.1) is 0 Å². The van der Waals surface area contributed by atoms with Crippen molar-refractivity contribution < 1.29 is 14.7 Å². The lowest BCUT2D eigenvalue weighted by molar-refractivity contribution is -0.119. The minimum Gasteiger partial charge on any atom is -0.508 e. The van der Waals surface area contributed by atoms with Gasteiger partial charge < -0.3 is 5.11 Å². The van der Waals surface area contributed by atoms with Crippen LogP contribution in [0.4, 0.5) is 5.69 Å². The fourth-order valence-corrected chi connectivity index (χ4v) is 1.71. The van der Waals surface area contributed by atoms with Crippen molar-refractivity contribution in [3.8, 4) is 5.75 Å². The molecule has 4 nitrogen and oxygen atoms in total. The molecule has 0 atom stereocenters. The van der Waals surface area contributed by atoms with Crippen LogP contribution in [0.3, 0.4) is 0 Å². The number of nitrogens with zero attached hydrogens (tertiary/aromatic N) is 1. The monoisotopic (exact) mass is 217 g/mol. The van der Waals surface area contributed by atoms with Crippen LogP contribution in [-0.4, -0.2) is 16.9 Å². The van der Waals surface area contributed by atoms with E-state index in [4.69, 9.17) is 0 Å². The van der Waals surface area contributed by atoms with Gasteiger partial charge in [0.15, 0.2) is 0 Å². The molecule has 0 aromatic heterocycles. The number of benzene rings is 1. The van der Waals surface area contributed by atoms with Crippen molar-refractivity contribution in [1.82, 2.24) is 0 Å². The largest absolute Gasteiger partial charge is 0.508 e. The highest BCUT2D eigenvalue weighted by atomic mass is 16.3. The molecule has 0 unspecified atom stereocenters. The molecular formula is C12H11NO3. The van der Waals surface area contributed by atoms with Gasteiger partial charge in [-0.15, -0.1) is 0 Å². The maximum absolute atomic E-state index is 11.5. The Kier molecular flexibility index (Phi) is 2.48. The molecule has 0 saturated carbocycles. The zero-order valence-electron chi connectivity index (χ0n) is 8.80. The van der Waals surface area contributed by atoms with Crippen LogP contribution < -0.4 is 4.90 Å². The molecule has 0 radical (unpaired) electrons. The van der Waals surface area contributed by atoms with Crippen LogP contribution in [-0.2, 0) is 16.0 Å². The Morgan fingerprint density at radius 1 is 1.19 bits per heavy atom. The second-order valence-electron chi connectivity index (χ2n) is 3.51. The summed E-state index contributed by atoms with van der Waals surface area (Å²) in [5.74, 6) is -0.552. The molecule has 1 aromatic rings. The minimum absolute atomic E-state index is 0.132. The summed E-state index contributed by atoms with van der Waals surface area (Å²) < 4.78 is 0. The Morgan fingerprint density at radius 3 is 2.38 bits per heavy atom. The molecule has 82 valence electrons. The lowest BCUT2D eigenvalue weighted by Gasteiger charge is -2.17. The number of anilines is 1. The third-order valence-corrected chi connectivity index (χ3v) is 2.49. The Balaban J connectivity index is 2.48. The average molecular weight is 217 g/mol. The summed E-state index contributed by atoms with van der Waals surface area (Å²) in [5, 5.41) is 9.34. The first-order chi connectivity index (χ1) is 7.63. The molecule has 0 bridgehead atoms. The number of phenols is 1. The van der Waals surface area contributed by atoms with Crippen molar-refractivity contribution >= 4 is 17.5 Å². The highest BCUT2D eigenvalue weighted by molar-refractivity contribution is 6.28. The number of rotatable bonds is 2. The number of phenolic OH excluding ortho intramolecular Hbond substituents is 1. The summed E-state index contributed by atoms with van der Waals surface area (Å²) in [6, 6.07) is 4.61. The predicted octanol–water partition coefficient (Wildman–Crippen LogP) is 1.38. The van der Waals surface area contributed by atoms with Gasteiger partial charge in [-0.3, -0.25) is 9.59 Å². The molecule has 2 amide bonds. The van der Waals surface area contributed by atoms with Gasteiger partial charge in [0, 0.05) is 12.2 Å². The van der Waals surface area contributed by atoms with Gasteiger partial charge in [0.05, 0.1) is 5.69 Å².